The minimum atomic E-state index is -4.84. The molecule has 2 aromatic carbocycles. The number of rotatable bonds is 5. The van der Waals surface area contributed by atoms with E-state index in [1.165, 1.54) is 47.4 Å². The molecule has 2 amide bonds. The normalized spacial score (nSPS) is 11.7. The van der Waals surface area contributed by atoms with Crippen LogP contribution in [0.2, 0.25) is 0 Å². The minimum absolute atomic E-state index is 0.113. The molecule has 0 radical (unpaired) electrons. The average Bonchev–Trinajstić information content (AvgIpc) is 3.66. The van der Waals surface area contributed by atoms with Gasteiger partial charge in [0, 0.05) is 17.3 Å². The summed E-state index contributed by atoms with van der Waals surface area (Å²) < 4.78 is 49.0. The van der Waals surface area contributed by atoms with Crippen molar-refractivity contribution in [3.8, 4) is 5.69 Å². The van der Waals surface area contributed by atoms with Gasteiger partial charge < -0.3 is 19.6 Å². The van der Waals surface area contributed by atoms with Gasteiger partial charge in [0.15, 0.2) is 17.0 Å². The molecule has 4 aromatic heterocycles. The van der Waals surface area contributed by atoms with Gasteiger partial charge in [-0.3, -0.25) is 9.59 Å². The van der Waals surface area contributed by atoms with E-state index >= 15 is 0 Å². The summed E-state index contributed by atoms with van der Waals surface area (Å²) in [5.74, 6) is -1.47. The minimum Gasteiger partial charge on any atom is -0.356 e. The van der Waals surface area contributed by atoms with Crippen LogP contribution in [0.15, 0.2) is 90.1 Å². The summed E-state index contributed by atoms with van der Waals surface area (Å²) in [6.45, 7) is 0. The predicted molar refractivity (Wildman–Crippen MR) is 134 cm³/mol. The Bertz CT molecular complexity index is 1860. The number of carbonyl (C=O) groups excluding carboxylic acids is 2. The molecule has 2 N–H and O–H groups in total. The molecule has 6 rings (SSSR count). The maximum Gasteiger partial charge on any atom is 0.434 e. The van der Waals surface area contributed by atoms with E-state index in [1.807, 2.05) is 0 Å². The number of amides is 2. The van der Waals surface area contributed by atoms with Crippen molar-refractivity contribution in [2.24, 2.45) is 0 Å². The van der Waals surface area contributed by atoms with Gasteiger partial charge in [0.25, 0.3) is 11.8 Å². The van der Waals surface area contributed by atoms with E-state index in [-0.39, 0.29) is 17.1 Å². The Morgan fingerprint density at radius 1 is 0.897 bits per heavy atom. The summed E-state index contributed by atoms with van der Waals surface area (Å²) in [5.41, 5.74) is 0.139. The number of halogens is 3. The van der Waals surface area contributed by atoms with Crippen molar-refractivity contribution in [3.63, 3.8) is 0 Å². The molecule has 39 heavy (non-hydrogen) atoms. The Labute approximate surface area is 216 Å². The molecule has 0 bridgehead atoms. The zero-order chi connectivity index (χ0) is 27.1. The Kier molecular flexibility index (Phi) is 5.60. The zero-order valence-corrected chi connectivity index (χ0v) is 19.7. The number of nitrogens with zero attached hydrogens (tertiary/aromatic N) is 5. The number of aromatic nitrogens is 5. The summed E-state index contributed by atoms with van der Waals surface area (Å²) >= 11 is 0. The molecule has 194 valence electrons. The molecule has 0 unspecified atom stereocenters. The third-order valence-corrected chi connectivity index (χ3v) is 5.90. The molecule has 0 saturated heterocycles. The van der Waals surface area contributed by atoms with Gasteiger partial charge in [0.05, 0.1) is 34.8 Å². The molecule has 0 aliphatic rings. The lowest BCUT2D eigenvalue weighted by Crippen LogP contribution is -2.20. The van der Waals surface area contributed by atoms with E-state index in [9.17, 15) is 22.8 Å². The maximum absolute atomic E-state index is 13.9. The van der Waals surface area contributed by atoms with E-state index in [1.54, 1.807) is 36.4 Å². The number of alkyl halides is 3. The quantitative estimate of drug-likeness (QED) is 0.316. The van der Waals surface area contributed by atoms with E-state index in [0.717, 1.165) is 6.20 Å². The highest BCUT2D eigenvalue weighted by Gasteiger charge is 2.40. The lowest BCUT2D eigenvalue weighted by Gasteiger charge is -2.13. The summed E-state index contributed by atoms with van der Waals surface area (Å²) in [6, 6.07) is 15.7. The van der Waals surface area contributed by atoms with Crippen LogP contribution in [-0.2, 0) is 6.18 Å². The number of para-hydroxylation sites is 1. The number of pyridine rings is 1. The number of benzene rings is 2. The maximum atomic E-state index is 13.9. The van der Waals surface area contributed by atoms with Crippen molar-refractivity contribution in [2.75, 3.05) is 10.6 Å². The number of hydrogen-bond donors (Lipinski definition) is 2. The second-order valence-electron chi connectivity index (χ2n) is 8.44. The average molecular weight is 531 g/mol. The lowest BCUT2D eigenvalue weighted by molar-refractivity contribution is -0.143. The van der Waals surface area contributed by atoms with E-state index in [0.29, 0.717) is 26.9 Å². The number of fused-ring (bicyclic) bond motifs is 2. The van der Waals surface area contributed by atoms with Gasteiger partial charge in [-0.1, -0.05) is 23.4 Å². The molecule has 0 aliphatic carbocycles. The third kappa shape index (κ3) is 4.45. The Morgan fingerprint density at radius 2 is 1.67 bits per heavy atom. The molecular weight excluding hydrogens is 515 g/mol. The standard InChI is InChI=1S/C26H16F3N7O3/c27-26(28,29)23-19(12-31-36(23)18-4-2-1-3-5-18)24(37)34-17-6-8-20-22(30-14-35(20)13-17)25(38)33-16-7-9-21-15(10-16)11-32-39-21/h1-14H,(H,33,38)(H,34,37). The monoisotopic (exact) mass is 531 g/mol. The molecular formula is C26H16F3N7O3. The Balaban J connectivity index is 1.24. The number of imidazole rings is 1. The summed E-state index contributed by atoms with van der Waals surface area (Å²) in [4.78, 5) is 29.9. The second-order valence-corrected chi connectivity index (χ2v) is 8.44. The van der Waals surface area contributed by atoms with Crippen LogP contribution in [0.3, 0.4) is 0 Å². The third-order valence-electron chi connectivity index (χ3n) is 5.90. The van der Waals surface area contributed by atoms with Gasteiger partial charge in [-0.15, -0.1) is 0 Å². The van der Waals surface area contributed by atoms with Gasteiger partial charge in [-0.25, -0.2) is 9.67 Å². The van der Waals surface area contributed by atoms with Crippen molar-refractivity contribution >= 4 is 39.7 Å². The summed E-state index contributed by atoms with van der Waals surface area (Å²) in [7, 11) is 0. The molecule has 0 aliphatic heterocycles. The fraction of sp³-hybridized carbons (Fsp3) is 0.0385. The van der Waals surface area contributed by atoms with Crippen molar-refractivity contribution in [1.29, 1.82) is 0 Å². The lowest BCUT2D eigenvalue weighted by atomic mass is 10.2. The van der Waals surface area contributed by atoms with Gasteiger partial charge in [-0.05, 0) is 42.5 Å². The van der Waals surface area contributed by atoms with Gasteiger partial charge >= 0.3 is 6.18 Å². The molecule has 0 spiro atoms. The first kappa shape index (κ1) is 23.9. The van der Waals surface area contributed by atoms with Crippen molar-refractivity contribution in [1.82, 2.24) is 24.3 Å². The first-order valence-electron chi connectivity index (χ1n) is 11.4. The predicted octanol–water partition coefficient (Wildman–Crippen LogP) is 5.18. The summed E-state index contributed by atoms with van der Waals surface area (Å²) in [5, 5.41) is 13.4. The Hall–Kier alpha value is -5.46. The zero-order valence-electron chi connectivity index (χ0n) is 19.7. The molecule has 13 heteroatoms. The van der Waals surface area contributed by atoms with Gasteiger partial charge in [0.2, 0.25) is 0 Å². The smallest absolute Gasteiger partial charge is 0.356 e. The molecule has 0 saturated carbocycles. The molecule has 6 aromatic rings. The molecule has 10 nitrogen and oxygen atoms in total. The van der Waals surface area contributed by atoms with Crippen LogP contribution in [0.4, 0.5) is 24.5 Å². The van der Waals surface area contributed by atoms with Crippen LogP contribution in [0, 0.1) is 0 Å². The first-order valence-corrected chi connectivity index (χ1v) is 11.4. The first-order chi connectivity index (χ1) is 18.8. The van der Waals surface area contributed by atoms with Gasteiger partial charge in [0.1, 0.15) is 6.33 Å². The van der Waals surface area contributed by atoms with Crippen LogP contribution >= 0.6 is 0 Å². The number of anilines is 2. The summed E-state index contributed by atoms with van der Waals surface area (Å²) in [6.07, 6.45) is 0.360. The SMILES string of the molecule is O=C(Nc1ccc2c(C(=O)Nc3ccc4oncc4c3)ncn2c1)c1cnn(-c2ccccc2)c1C(F)(F)F. The second kappa shape index (κ2) is 9.13. The van der Waals surface area contributed by atoms with Crippen LogP contribution in [0.1, 0.15) is 26.5 Å². The van der Waals surface area contributed by atoms with Crippen molar-refractivity contribution in [3.05, 3.63) is 103 Å². The van der Waals surface area contributed by atoms with Crippen LogP contribution in [0.5, 0.6) is 0 Å². The fourth-order valence-corrected chi connectivity index (χ4v) is 4.14. The highest BCUT2D eigenvalue weighted by atomic mass is 19.4. The topological polar surface area (TPSA) is 119 Å². The highest BCUT2D eigenvalue weighted by Crippen LogP contribution is 2.34. The molecule has 0 atom stereocenters. The number of nitrogens with one attached hydrogen (secondary N) is 2. The number of hydrogen-bond acceptors (Lipinski definition) is 6. The van der Waals surface area contributed by atoms with E-state index in [4.69, 9.17) is 4.52 Å². The van der Waals surface area contributed by atoms with Crippen LogP contribution < -0.4 is 10.6 Å². The Morgan fingerprint density at radius 3 is 2.46 bits per heavy atom. The highest BCUT2D eigenvalue weighted by molar-refractivity contribution is 6.08. The molecule has 4 heterocycles. The van der Waals surface area contributed by atoms with Gasteiger partial charge in [-0.2, -0.15) is 18.3 Å². The van der Waals surface area contributed by atoms with Crippen molar-refractivity contribution in [2.45, 2.75) is 6.18 Å². The van der Waals surface area contributed by atoms with Crippen molar-refractivity contribution < 1.29 is 27.3 Å². The fourth-order valence-electron chi connectivity index (χ4n) is 4.14. The van der Waals surface area contributed by atoms with Crippen LogP contribution in [-0.4, -0.2) is 36.1 Å². The largest absolute Gasteiger partial charge is 0.434 e. The van der Waals surface area contributed by atoms with Crippen LogP contribution in [0.25, 0.3) is 22.2 Å². The molecule has 0 fully saturated rings. The van der Waals surface area contributed by atoms with E-state index in [2.05, 4.69) is 25.9 Å². The van der Waals surface area contributed by atoms with E-state index < -0.39 is 29.2 Å². The number of carbonyl (C=O) groups is 2.